The number of aromatic nitrogens is 2. The summed E-state index contributed by atoms with van der Waals surface area (Å²) in [6, 6.07) is 5.32. The second-order valence-corrected chi connectivity index (χ2v) is 8.61. The van der Waals surface area contributed by atoms with E-state index in [0.29, 0.717) is 29.9 Å². The van der Waals surface area contributed by atoms with Gasteiger partial charge in [-0.05, 0) is 59.7 Å². The van der Waals surface area contributed by atoms with E-state index in [4.69, 9.17) is 4.74 Å². The summed E-state index contributed by atoms with van der Waals surface area (Å²) in [6.07, 6.45) is 0.361. The number of ether oxygens (including phenoxy) is 1. The van der Waals surface area contributed by atoms with Crippen LogP contribution in [0.5, 0.6) is 0 Å². The fourth-order valence-electron chi connectivity index (χ4n) is 4.01. The molecule has 0 radical (unpaired) electrons. The van der Waals surface area contributed by atoms with Crippen molar-refractivity contribution in [1.82, 2.24) is 19.8 Å². The molecule has 0 aliphatic carbocycles. The average Bonchev–Trinajstić information content (AvgIpc) is 2.66. The van der Waals surface area contributed by atoms with Gasteiger partial charge >= 0.3 is 0 Å². The first-order chi connectivity index (χ1) is 13.6. The zero-order valence-corrected chi connectivity index (χ0v) is 18.3. The molecule has 1 aliphatic rings. The molecule has 2 atom stereocenters. The van der Waals surface area contributed by atoms with Crippen molar-refractivity contribution in [3.8, 4) is 0 Å². The molecule has 2 unspecified atom stereocenters. The first-order valence-electron chi connectivity index (χ1n) is 10.3. The summed E-state index contributed by atoms with van der Waals surface area (Å²) in [6.45, 7) is 14.9. The third kappa shape index (κ3) is 4.51. The molecule has 1 fully saturated rings. The van der Waals surface area contributed by atoms with Crippen LogP contribution in [0, 0.1) is 6.92 Å². The molecular weight excluding hydrogens is 368 g/mol. The monoisotopic (exact) mass is 400 g/mol. The summed E-state index contributed by atoms with van der Waals surface area (Å²) in [5, 5.41) is 3.07. The van der Waals surface area contributed by atoms with E-state index in [-0.39, 0.29) is 29.2 Å². The maximum Gasteiger partial charge on any atom is 0.272 e. The molecule has 0 saturated carbocycles. The lowest BCUT2D eigenvalue weighted by atomic mass is 10.00. The molecule has 7 heteroatoms. The van der Waals surface area contributed by atoms with Crippen LogP contribution < -0.4 is 10.9 Å². The highest BCUT2D eigenvalue weighted by Gasteiger charge is 2.33. The average molecular weight is 401 g/mol. The third-order valence-electron chi connectivity index (χ3n) is 5.64. The van der Waals surface area contributed by atoms with Crippen LogP contribution in [-0.4, -0.2) is 57.7 Å². The number of amides is 1. The van der Waals surface area contributed by atoms with Crippen molar-refractivity contribution in [2.24, 2.45) is 0 Å². The second kappa shape index (κ2) is 8.24. The molecule has 3 rings (SSSR count). The molecule has 0 spiro atoms. The predicted molar refractivity (Wildman–Crippen MR) is 114 cm³/mol. The summed E-state index contributed by atoms with van der Waals surface area (Å²) in [4.78, 5) is 31.8. The molecule has 158 valence electrons. The van der Waals surface area contributed by atoms with Crippen molar-refractivity contribution in [3.05, 3.63) is 39.8 Å². The van der Waals surface area contributed by atoms with Crippen LogP contribution >= 0.6 is 0 Å². The Balaban J connectivity index is 1.76. The molecule has 1 saturated heterocycles. The van der Waals surface area contributed by atoms with Crippen molar-refractivity contribution in [3.63, 3.8) is 0 Å². The predicted octanol–water partition coefficient (Wildman–Crippen LogP) is 2.34. The van der Waals surface area contributed by atoms with Crippen LogP contribution in [0.1, 0.15) is 50.7 Å². The van der Waals surface area contributed by atoms with E-state index in [1.807, 2.05) is 6.92 Å². The van der Waals surface area contributed by atoms with Gasteiger partial charge in [-0.15, -0.1) is 0 Å². The standard InChI is InChI=1S/C22H32N4O3/c1-7-26-19-9-8-17(10-18(19)24-16(4)21(26)28)20(27)23-13-22(5,6)25-11-14(2)29-15(3)12-25/h8-10,14-15H,7,11-13H2,1-6H3,(H,23,27). The van der Waals surface area contributed by atoms with E-state index in [0.717, 1.165) is 18.6 Å². The van der Waals surface area contributed by atoms with Crippen molar-refractivity contribution < 1.29 is 9.53 Å². The first-order valence-corrected chi connectivity index (χ1v) is 10.3. The molecule has 1 aromatic carbocycles. The minimum absolute atomic E-state index is 0.0899. The van der Waals surface area contributed by atoms with E-state index >= 15 is 0 Å². The lowest BCUT2D eigenvalue weighted by molar-refractivity contribution is -0.0948. The Morgan fingerprint density at radius 1 is 1.28 bits per heavy atom. The number of fused-ring (bicyclic) bond motifs is 1. The summed E-state index contributed by atoms with van der Waals surface area (Å²) < 4.78 is 7.51. The lowest BCUT2D eigenvalue weighted by Crippen LogP contribution is -2.58. The summed E-state index contributed by atoms with van der Waals surface area (Å²) in [5.41, 5.74) is 2.12. The van der Waals surface area contributed by atoms with Crippen LogP contribution in [-0.2, 0) is 11.3 Å². The van der Waals surface area contributed by atoms with E-state index in [2.05, 4.69) is 42.9 Å². The number of rotatable bonds is 5. The lowest BCUT2D eigenvalue weighted by Gasteiger charge is -2.45. The van der Waals surface area contributed by atoms with Crippen LogP contribution in [0.2, 0.25) is 0 Å². The van der Waals surface area contributed by atoms with Gasteiger partial charge in [0, 0.05) is 37.3 Å². The molecule has 0 bridgehead atoms. The Morgan fingerprint density at radius 3 is 2.55 bits per heavy atom. The summed E-state index contributed by atoms with van der Waals surface area (Å²) >= 11 is 0. The molecule has 1 aliphatic heterocycles. The van der Waals surface area contributed by atoms with E-state index in [1.165, 1.54) is 0 Å². The van der Waals surface area contributed by atoms with Gasteiger partial charge in [-0.1, -0.05) is 0 Å². The Bertz CT molecular complexity index is 956. The largest absolute Gasteiger partial charge is 0.373 e. The van der Waals surface area contributed by atoms with Crippen LogP contribution in [0.25, 0.3) is 11.0 Å². The Labute approximate surface area is 172 Å². The van der Waals surface area contributed by atoms with Gasteiger partial charge in [0.15, 0.2) is 0 Å². The maximum atomic E-state index is 12.8. The third-order valence-corrected chi connectivity index (χ3v) is 5.64. The molecule has 1 amide bonds. The number of carbonyl (C=O) groups is 1. The fraction of sp³-hybridized carbons (Fsp3) is 0.591. The van der Waals surface area contributed by atoms with Crippen molar-refractivity contribution in [2.75, 3.05) is 19.6 Å². The summed E-state index contributed by atoms with van der Waals surface area (Å²) in [5.74, 6) is -0.136. The fourth-order valence-corrected chi connectivity index (χ4v) is 4.01. The quantitative estimate of drug-likeness (QED) is 0.834. The first kappa shape index (κ1) is 21.5. The number of hydrogen-bond acceptors (Lipinski definition) is 5. The zero-order chi connectivity index (χ0) is 21.3. The van der Waals surface area contributed by atoms with Gasteiger partial charge in [0.05, 0.1) is 23.2 Å². The minimum atomic E-state index is -0.184. The molecule has 29 heavy (non-hydrogen) atoms. The van der Waals surface area contributed by atoms with Crippen molar-refractivity contribution in [2.45, 2.75) is 65.8 Å². The van der Waals surface area contributed by atoms with Gasteiger partial charge in [0.25, 0.3) is 11.5 Å². The Hall–Kier alpha value is -2.25. The van der Waals surface area contributed by atoms with Gasteiger partial charge in [-0.25, -0.2) is 4.98 Å². The minimum Gasteiger partial charge on any atom is -0.373 e. The second-order valence-electron chi connectivity index (χ2n) is 8.61. The number of morpholine rings is 1. The highest BCUT2D eigenvalue weighted by atomic mass is 16.5. The summed E-state index contributed by atoms with van der Waals surface area (Å²) in [7, 11) is 0. The number of aryl methyl sites for hydroxylation is 2. The van der Waals surface area contributed by atoms with Crippen molar-refractivity contribution >= 4 is 16.9 Å². The van der Waals surface area contributed by atoms with Crippen molar-refractivity contribution in [1.29, 1.82) is 0 Å². The van der Waals surface area contributed by atoms with Crippen LogP contribution in [0.3, 0.4) is 0 Å². The number of nitrogens with zero attached hydrogens (tertiary/aromatic N) is 3. The number of benzene rings is 1. The van der Waals surface area contributed by atoms with Gasteiger partial charge in [0.1, 0.15) is 5.69 Å². The number of hydrogen-bond donors (Lipinski definition) is 1. The van der Waals surface area contributed by atoms with Gasteiger partial charge in [0.2, 0.25) is 0 Å². The van der Waals surface area contributed by atoms with E-state index in [1.54, 1.807) is 29.7 Å². The number of carbonyl (C=O) groups excluding carboxylic acids is 1. The molecule has 2 aromatic rings. The molecule has 7 nitrogen and oxygen atoms in total. The van der Waals surface area contributed by atoms with Crippen LogP contribution in [0.15, 0.2) is 23.0 Å². The van der Waals surface area contributed by atoms with Gasteiger partial charge in [-0.2, -0.15) is 0 Å². The molecule has 1 aromatic heterocycles. The van der Waals surface area contributed by atoms with Gasteiger partial charge in [-0.3, -0.25) is 14.5 Å². The number of nitrogens with one attached hydrogen (secondary N) is 1. The highest BCUT2D eigenvalue weighted by molar-refractivity contribution is 5.97. The normalized spacial score (nSPS) is 20.8. The maximum absolute atomic E-state index is 12.8. The van der Waals surface area contributed by atoms with Crippen LogP contribution in [0.4, 0.5) is 0 Å². The van der Waals surface area contributed by atoms with E-state index < -0.39 is 0 Å². The molecule has 1 N–H and O–H groups in total. The zero-order valence-electron chi connectivity index (χ0n) is 18.3. The molecule has 2 heterocycles. The van der Waals surface area contributed by atoms with E-state index in [9.17, 15) is 9.59 Å². The Morgan fingerprint density at radius 2 is 1.93 bits per heavy atom. The smallest absolute Gasteiger partial charge is 0.272 e. The van der Waals surface area contributed by atoms with Gasteiger partial charge < -0.3 is 14.6 Å². The Kier molecular flexibility index (Phi) is 6.10. The topological polar surface area (TPSA) is 76.5 Å². The SMILES string of the molecule is CCn1c(=O)c(C)nc2cc(C(=O)NCC(C)(C)N3CC(C)OC(C)C3)ccc21. The highest BCUT2D eigenvalue weighted by Crippen LogP contribution is 2.21. The molecular formula is C22H32N4O3.